The summed E-state index contributed by atoms with van der Waals surface area (Å²) in [6.07, 6.45) is 5.04. The van der Waals surface area contributed by atoms with Crippen LogP contribution in [-0.4, -0.2) is 46.8 Å². The zero-order chi connectivity index (χ0) is 16.2. The molecule has 118 valence electrons. The Morgan fingerprint density at radius 1 is 1.32 bits per heavy atom. The zero-order valence-electron chi connectivity index (χ0n) is 13.6. The minimum Gasteiger partial charge on any atom is -0.302 e. The van der Waals surface area contributed by atoms with E-state index in [1.54, 1.807) is 6.92 Å². The van der Waals surface area contributed by atoms with E-state index in [0.29, 0.717) is 5.92 Å². The van der Waals surface area contributed by atoms with Crippen LogP contribution in [0.25, 0.3) is 0 Å². The molecule has 0 saturated carbocycles. The van der Waals surface area contributed by atoms with Gasteiger partial charge in [0.2, 0.25) is 11.8 Å². The van der Waals surface area contributed by atoms with Gasteiger partial charge in [0.1, 0.15) is 5.54 Å². The van der Waals surface area contributed by atoms with E-state index in [1.807, 2.05) is 27.0 Å². The second-order valence-electron chi connectivity index (χ2n) is 7.29. The average molecular weight is 301 g/mol. The van der Waals surface area contributed by atoms with Crippen molar-refractivity contribution in [3.8, 4) is 6.07 Å². The lowest BCUT2D eigenvalue weighted by atomic mass is 9.76. The highest BCUT2D eigenvalue weighted by molar-refractivity contribution is 6.07. The number of nitriles is 1. The minimum atomic E-state index is -1.08. The molecule has 5 nitrogen and oxygen atoms in total. The number of likely N-dealkylation sites (tertiary alicyclic amines) is 2. The quantitative estimate of drug-likeness (QED) is 0.571. The molecule has 3 aliphatic rings. The Labute approximate surface area is 131 Å². The van der Waals surface area contributed by atoms with Gasteiger partial charge in [-0.15, -0.1) is 0 Å². The Morgan fingerprint density at radius 3 is 2.59 bits per heavy atom. The van der Waals surface area contributed by atoms with Gasteiger partial charge in [-0.1, -0.05) is 26.0 Å². The van der Waals surface area contributed by atoms with Crippen LogP contribution in [0.3, 0.4) is 0 Å². The third-order valence-electron chi connectivity index (χ3n) is 5.91. The van der Waals surface area contributed by atoms with Gasteiger partial charge in [-0.05, 0) is 38.8 Å². The fourth-order valence-electron chi connectivity index (χ4n) is 4.18. The fourth-order valence-corrected chi connectivity index (χ4v) is 4.18. The number of carbonyl (C=O) groups is 2. The number of imide groups is 1. The van der Waals surface area contributed by atoms with Gasteiger partial charge in [0.25, 0.3) is 0 Å². The van der Waals surface area contributed by atoms with Crippen molar-refractivity contribution in [2.45, 2.75) is 38.8 Å². The van der Waals surface area contributed by atoms with Gasteiger partial charge < -0.3 is 4.90 Å². The molecule has 5 atom stereocenters. The number of carbonyl (C=O) groups excluding carboxylic acids is 2. The van der Waals surface area contributed by atoms with E-state index in [0.717, 1.165) is 13.0 Å². The largest absolute Gasteiger partial charge is 0.302 e. The summed E-state index contributed by atoms with van der Waals surface area (Å²) in [5, 5.41) is 9.60. The summed E-state index contributed by atoms with van der Waals surface area (Å²) in [6.45, 7) is 6.41. The van der Waals surface area contributed by atoms with E-state index in [9.17, 15) is 14.9 Å². The predicted molar refractivity (Wildman–Crippen MR) is 81.4 cm³/mol. The van der Waals surface area contributed by atoms with Gasteiger partial charge in [0.15, 0.2) is 0 Å². The molecule has 2 heterocycles. The number of amides is 2. The van der Waals surface area contributed by atoms with E-state index >= 15 is 0 Å². The molecule has 0 spiro atoms. The van der Waals surface area contributed by atoms with Gasteiger partial charge in [-0.2, -0.15) is 5.26 Å². The van der Waals surface area contributed by atoms with Gasteiger partial charge >= 0.3 is 0 Å². The average Bonchev–Trinajstić information content (AvgIpc) is 2.98. The number of hydrogen-bond acceptors (Lipinski definition) is 4. The molecule has 0 aromatic rings. The highest BCUT2D eigenvalue weighted by Crippen LogP contribution is 2.45. The number of fused-ring (bicyclic) bond motifs is 3. The molecule has 0 bridgehead atoms. The smallest absolute Gasteiger partial charge is 0.238 e. The molecule has 2 amide bonds. The fraction of sp³-hybridized carbons (Fsp3) is 0.706. The second kappa shape index (κ2) is 4.92. The standard InChI is InChI=1S/C17H23N3O2/c1-10(2)17(3,9-18)20-15(21)12-6-5-11-7-8-19(4)14(11)13(12)16(20)22/h5-6,10-14H,7-8H2,1-4H3. The number of nitrogens with zero attached hydrogens (tertiary/aromatic N) is 3. The maximum atomic E-state index is 13.0. The molecule has 1 aliphatic carbocycles. The van der Waals surface area contributed by atoms with Crippen molar-refractivity contribution in [3.05, 3.63) is 12.2 Å². The Hall–Kier alpha value is -1.67. The summed E-state index contributed by atoms with van der Waals surface area (Å²) in [4.78, 5) is 29.3. The Kier molecular flexibility index (Phi) is 3.41. The molecule has 5 heteroatoms. The van der Waals surface area contributed by atoms with Gasteiger partial charge in [0.05, 0.1) is 17.9 Å². The lowest BCUT2D eigenvalue weighted by Gasteiger charge is -2.35. The van der Waals surface area contributed by atoms with Gasteiger partial charge in [-0.25, -0.2) is 0 Å². The van der Waals surface area contributed by atoms with Crippen molar-refractivity contribution >= 4 is 11.8 Å². The zero-order valence-corrected chi connectivity index (χ0v) is 13.6. The third kappa shape index (κ3) is 1.80. The van der Waals surface area contributed by atoms with Crippen molar-refractivity contribution in [1.82, 2.24) is 9.80 Å². The molecule has 0 radical (unpaired) electrons. The first-order chi connectivity index (χ1) is 10.3. The summed E-state index contributed by atoms with van der Waals surface area (Å²) in [7, 11) is 2.02. The highest BCUT2D eigenvalue weighted by atomic mass is 16.2. The van der Waals surface area contributed by atoms with Crippen molar-refractivity contribution < 1.29 is 9.59 Å². The van der Waals surface area contributed by atoms with Crippen LogP contribution in [0, 0.1) is 35.0 Å². The van der Waals surface area contributed by atoms with Crippen molar-refractivity contribution in [2.75, 3.05) is 13.6 Å². The first-order valence-corrected chi connectivity index (χ1v) is 8.00. The Balaban J connectivity index is 2.03. The van der Waals surface area contributed by atoms with E-state index in [-0.39, 0.29) is 29.7 Å². The first kappa shape index (κ1) is 15.2. The molecule has 2 fully saturated rings. The van der Waals surface area contributed by atoms with Crippen LogP contribution < -0.4 is 0 Å². The van der Waals surface area contributed by atoms with E-state index in [1.165, 1.54) is 4.90 Å². The molecular formula is C17H23N3O2. The topological polar surface area (TPSA) is 64.4 Å². The number of hydrogen-bond donors (Lipinski definition) is 0. The summed E-state index contributed by atoms with van der Waals surface area (Å²) in [5.41, 5.74) is -1.08. The maximum absolute atomic E-state index is 13.0. The molecule has 22 heavy (non-hydrogen) atoms. The molecule has 3 rings (SSSR count). The molecular weight excluding hydrogens is 278 g/mol. The lowest BCUT2D eigenvalue weighted by Crippen LogP contribution is -2.53. The number of rotatable bonds is 2. The minimum absolute atomic E-state index is 0.0894. The molecule has 2 aliphatic heterocycles. The summed E-state index contributed by atoms with van der Waals surface area (Å²) in [5.74, 6) is -0.868. The van der Waals surface area contributed by atoms with E-state index in [2.05, 4.69) is 17.0 Å². The molecule has 0 N–H and O–H groups in total. The predicted octanol–water partition coefficient (Wildman–Crippen LogP) is 1.42. The van der Waals surface area contributed by atoms with Crippen molar-refractivity contribution in [1.29, 1.82) is 5.26 Å². The summed E-state index contributed by atoms with van der Waals surface area (Å²) >= 11 is 0. The van der Waals surface area contributed by atoms with Crippen molar-refractivity contribution in [3.63, 3.8) is 0 Å². The van der Waals surface area contributed by atoms with Crippen LogP contribution in [-0.2, 0) is 9.59 Å². The van der Waals surface area contributed by atoms with Crippen LogP contribution in [0.2, 0.25) is 0 Å². The molecule has 0 aromatic carbocycles. The van der Waals surface area contributed by atoms with Crippen LogP contribution in [0.4, 0.5) is 0 Å². The second-order valence-corrected chi connectivity index (χ2v) is 7.29. The van der Waals surface area contributed by atoms with Crippen LogP contribution >= 0.6 is 0 Å². The normalized spacial score (nSPS) is 37.2. The van der Waals surface area contributed by atoms with Crippen LogP contribution in [0.15, 0.2) is 12.2 Å². The SMILES string of the molecule is CC(C)C(C)(C#N)N1C(=O)C2C=CC3CCN(C)C3C2C1=O. The Morgan fingerprint density at radius 2 is 2.00 bits per heavy atom. The van der Waals surface area contributed by atoms with Crippen LogP contribution in [0.5, 0.6) is 0 Å². The first-order valence-electron chi connectivity index (χ1n) is 8.00. The van der Waals surface area contributed by atoms with E-state index < -0.39 is 11.5 Å². The highest BCUT2D eigenvalue weighted by Gasteiger charge is 2.59. The monoisotopic (exact) mass is 301 g/mol. The lowest BCUT2D eigenvalue weighted by molar-refractivity contribution is -0.146. The molecule has 5 unspecified atom stereocenters. The Bertz CT molecular complexity index is 591. The maximum Gasteiger partial charge on any atom is 0.238 e. The molecule has 0 aromatic heterocycles. The van der Waals surface area contributed by atoms with Crippen molar-refractivity contribution in [2.24, 2.45) is 23.7 Å². The van der Waals surface area contributed by atoms with E-state index in [4.69, 9.17) is 0 Å². The molecule has 2 saturated heterocycles. The van der Waals surface area contributed by atoms with Crippen LogP contribution in [0.1, 0.15) is 27.2 Å². The summed E-state index contributed by atoms with van der Waals surface area (Å²) in [6, 6.07) is 2.30. The van der Waals surface area contributed by atoms with Gasteiger partial charge in [0, 0.05) is 6.04 Å². The summed E-state index contributed by atoms with van der Waals surface area (Å²) < 4.78 is 0. The van der Waals surface area contributed by atoms with Gasteiger partial charge in [-0.3, -0.25) is 14.5 Å². The third-order valence-corrected chi connectivity index (χ3v) is 5.91.